The molecule has 1 atom stereocenters. The molecular weight excluding hydrogens is 341 g/mol. The van der Waals surface area contributed by atoms with Crippen LogP contribution in [0.2, 0.25) is 5.02 Å². The summed E-state index contributed by atoms with van der Waals surface area (Å²) in [6, 6.07) is 11.5. The lowest BCUT2D eigenvalue weighted by atomic mass is 9.94. The van der Waals surface area contributed by atoms with Crippen LogP contribution in [0.25, 0.3) is 0 Å². The zero-order chi connectivity index (χ0) is 17.4. The maximum atomic E-state index is 14.6. The van der Waals surface area contributed by atoms with E-state index in [2.05, 4.69) is 14.9 Å². The molecular formula is C19H17ClFN3O. The number of fused-ring (bicyclic) bond motifs is 1. The zero-order valence-electron chi connectivity index (χ0n) is 13.4. The van der Waals surface area contributed by atoms with Crippen LogP contribution in [0.4, 0.5) is 4.39 Å². The number of aromatic hydroxyl groups is 1. The second-order valence-electron chi connectivity index (χ2n) is 6.15. The summed E-state index contributed by atoms with van der Waals surface area (Å²) >= 11 is 6.34. The van der Waals surface area contributed by atoms with Gasteiger partial charge in [-0.3, -0.25) is 4.90 Å². The standard InChI is InChI=1S/C19H17ClFN3O/c20-13-5-3-6-14(21)17(13)19-18-15(22-11-23-18)8-9-24(19)10-12-4-1-2-7-16(12)25/h1-7,11,19,25H,8-10H2,(H,22,23)/t19-/m0/s1. The Morgan fingerprint density at radius 1 is 1.24 bits per heavy atom. The molecule has 0 saturated heterocycles. The van der Waals surface area contributed by atoms with Gasteiger partial charge < -0.3 is 10.1 Å². The van der Waals surface area contributed by atoms with Gasteiger partial charge in [-0.25, -0.2) is 9.37 Å². The highest BCUT2D eigenvalue weighted by Crippen LogP contribution is 2.39. The molecule has 2 heterocycles. The second-order valence-corrected chi connectivity index (χ2v) is 6.56. The number of rotatable bonds is 3. The molecule has 0 amide bonds. The van der Waals surface area contributed by atoms with Crippen molar-refractivity contribution < 1.29 is 9.50 Å². The topological polar surface area (TPSA) is 52.1 Å². The molecule has 128 valence electrons. The molecule has 1 aliphatic heterocycles. The first-order chi connectivity index (χ1) is 12.1. The van der Waals surface area contributed by atoms with Crippen molar-refractivity contribution in [3.63, 3.8) is 0 Å². The minimum atomic E-state index is -0.400. The molecule has 0 bridgehead atoms. The van der Waals surface area contributed by atoms with Crippen LogP contribution in [0.3, 0.4) is 0 Å². The van der Waals surface area contributed by atoms with Crippen LogP contribution in [-0.2, 0) is 13.0 Å². The Morgan fingerprint density at radius 3 is 2.88 bits per heavy atom. The number of nitrogens with one attached hydrogen (secondary N) is 1. The van der Waals surface area contributed by atoms with E-state index in [1.165, 1.54) is 6.07 Å². The van der Waals surface area contributed by atoms with Crippen molar-refractivity contribution in [2.45, 2.75) is 19.0 Å². The Hall–Kier alpha value is -2.37. The Kier molecular flexibility index (Phi) is 4.19. The summed E-state index contributed by atoms with van der Waals surface area (Å²) in [5, 5.41) is 10.5. The predicted molar refractivity (Wildman–Crippen MR) is 94.1 cm³/mol. The van der Waals surface area contributed by atoms with Gasteiger partial charge in [0.25, 0.3) is 0 Å². The van der Waals surface area contributed by atoms with Gasteiger partial charge in [-0.2, -0.15) is 0 Å². The van der Waals surface area contributed by atoms with Gasteiger partial charge in [0, 0.05) is 41.4 Å². The molecule has 4 rings (SSSR count). The maximum Gasteiger partial charge on any atom is 0.129 e. The van der Waals surface area contributed by atoms with E-state index in [0.29, 0.717) is 23.7 Å². The van der Waals surface area contributed by atoms with Gasteiger partial charge in [-0.15, -0.1) is 0 Å². The average molecular weight is 358 g/mol. The first-order valence-corrected chi connectivity index (χ1v) is 8.50. The Balaban J connectivity index is 1.80. The molecule has 0 radical (unpaired) electrons. The lowest BCUT2D eigenvalue weighted by molar-refractivity contribution is 0.194. The van der Waals surface area contributed by atoms with Crippen LogP contribution in [-0.4, -0.2) is 26.5 Å². The van der Waals surface area contributed by atoms with E-state index in [4.69, 9.17) is 11.6 Å². The van der Waals surface area contributed by atoms with E-state index in [1.54, 1.807) is 30.6 Å². The summed E-state index contributed by atoms with van der Waals surface area (Å²) in [5.74, 6) is -0.121. The molecule has 1 aromatic heterocycles. The lowest BCUT2D eigenvalue weighted by Crippen LogP contribution is -2.36. The van der Waals surface area contributed by atoms with Gasteiger partial charge in [-0.1, -0.05) is 35.9 Å². The molecule has 2 N–H and O–H groups in total. The zero-order valence-corrected chi connectivity index (χ0v) is 14.2. The second kappa shape index (κ2) is 6.50. The van der Waals surface area contributed by atoms with Crippen molar-refractivity contribution in [2.75, 3.05) is 6.54 Å². The van der Waals surface area contributed by atoms with Crippen molar-refractivity contribution in [1.29, 1.82) is 0 Å². The highest BCUT2D eigenvalue weighted by Gasteiger charge is 2.34. The van der Waals surface area contributed by atoms with Gasteiger partial charge in [0.2, 0.25) is 0 Å². The van der Waals surface area contributed by atoms with Crippen LogP contribution in [0, 0.1) is 5.82 Å². The first-order valence-electron chi connectivity index (χ1n) is 8.12. The molecule has 0 saturated carbocycles. The number of benzene rings is 2. The van der Waals surface area contributed by atoms with Crippen molar-refractivity contribution >= 4 is 11.6 Å². The number of aromatic amines is 1. The number of imidazole rings is 1. The number of para-hydroxylation sites is 1. The monoisotopic (exact) mass is 357 g/mol. The van der Waals surface area contributed by atoms with Gasteiger partial charge in [0.15, 0.2) is 0 Å². The van der Waals surface area contributed by atoms with Crippen LogP contribution < -0.4 is 0 Å². The van der Waals surface area contributed by atoms with Crippen molar-refractivity contribution in [2.24, 2.45) is 0 Å². The number of aromatic nitrogens is 2. The summed E-state index contributed by atoms with van der Waals surface area (Å²) < 4.78 is 14.6. The molecule has 25 heavy (non-hydrogen) atoms. The quantitative estimate of drug-likeness (QED) is 0.743. The average Bonchev–Trinajstić information content (AvgIpc) is 3.07. The molecule has 3 aromatic rings. The lowest BCUT2D eigenvalue weighted by Gasteiger charge is -2.35. The fraction of sp³-hybridized carbons (Fsp3) is 0.211. The van der Waals surface area contributed by atoms with E-state index < -0.39 is 6.04 Å². The molecule has 0 unspecified atom stereocenters. The third-order valence-electron chi connectivity index (χ3n) is 4.66. The van der Waals surface area contributed by atoms with Crippen LogP contribution >= 0.6 is 11.6 Å². The minimum absolute atomic E-state index is 0.230. The number of hydrogen-bond donors (Lipinski definition) is 2. The fourth-order valence-electron chi connectivity index (χ4n) is 3.45. The fourth-order valence-corrected chi connectivity index (χ4v) is 3.72. The summed E-state index contributed by atoms with van der Waals surface area (Å²) in [6.45, 7) is 1.19. The minimum Gasteiger partial charge on any atom is -0.508 e. The van der Waals surface area contributed by atoms with E-state index >= 15 is 0 Å². The third-order valence-corrected chi connectivity index (χ3v) is 4.99. The largest absolute Gasteiger partial charge is 0.508 e. The SMILES string of the molecule is Oc1ccccc1CN1CCc2[nH]cnc2[C@@H]1c1c(F)cccc1Cl. The van der Waals surface area contributed by atoms with Gasteiger partial charge >= 0.3 is 0 Å². The molecule has 6 heteroatoms. The normalized spacial score (nSPS) is 17.4. The van der Waals surface area contributed by atoms with E-state index in [9.17, 15) is 9.50 Å². The van der Waals surface area contributed by atoms with E-state index in [0.717, 1.165) is 23.4 Å². The van der Waals surface area contributed by atoms with Gasteiger partial charge in [0.05, 0.1) is 18.1 Å². The number of hydrogen-bond acceptors (Lipinski definition) is 3. The van der Waals surface area contributed by atoms with Crippen LogP contribution in [0.5, 0.6) is 5.75 Å². The molecule has 0 fully saturated rings. The summed E-state index contributed by atoms with van der Waals surface area (Å²) in [4.78, 5) is 9.67. The molecule has 2 aromatic carbocycles. The summed E-state index contributed by atoms with van der Waals surface area (Å²) in [7, 11) is 0. The smallest absolute Gasteiger partial charge is 0.129 e. The van der Waals surface area contributed by atoms with Crippen molar-refractivity contribution in [3.8, 4) is 5.75 Å². The molecule has 0 aliphatic carbocycles. The first kappa shape index (κ1) is 16.1. The van der Waals surface area contributed by atoms with Crippen LogP contribution in [0.1, 0.15) is 28.6 Å². The van der Waals surface area contributed by atoms with Crippen molar-refractivity contribution in [1.82, 2.24) is 14.9 Å². The maximum absolute atomic E-state index is 14.6. The van der Waals surface area contributed by atoms with Crippen LogP contribution in [0.15, 0.2) is 48.8 Å². The third kappa shape index (κ3) is 2.90. The Morgan fingerprint density at radius 2 is 2.08 bits per heavy atom. The van der Waals surface area contributed by atoms with Crippen molar-refractivity contribution in [3.05, 3.63) is 82.1 Å². The van der Waals surface area contributed by atoms with Gasteiger partial charge in [-0.05, 0) is 18.2 Å². The Bertz CT molecular complexity index is 891. The summed E-state index contributed by atoms with van der Waals surface area (Å²) in [6.07, 6.45) is 2.42. The highest BCUT2D eigenvalue weighted by atomic mass is 35.5. The van der Waals surface area contributed by atoms with E-state index in [1.807, 2.05) is 12.1 Å². The number of nitrogens with zero attached hydrogens (tertiary/aromatic N) is 2. The number of phenols is 1. The number of phenolic OH excluding ortho intramolecular Hbond substituents is 1. The number of halogens is 2. The molecule has 0 spiro atoms. The van der Waals surface area contributed by atoms with Gasteiger partial charge in [0.1, 0.15) is 11.6 Å². The predicted octanol–water partition coefficient (Wildman–Crippen LogP) is 4.06. The van der Waals surface area contributed by atoms with E-state index in [-0.39, 0.29) is 11.6 Å². The summed E-state index contributed by atoms with van der Waals surface area (Å²) in [5.41, 5.74) is 3.00. The molecule has 4 nitrogen and oxygen atoms in total. The number of H-pyrrole nitrogens is 1. The highest BCUT2D eigenvalue weighted by molar-refractivity contribution is 6.31. The molecule has 1 aliphatic rings. The Labute approximate surface area is 149 Å².